The minimum Gasteiger partial charge on any atom is -0.260 e. The van der Waals surface area contributed by atoms with Gasteiger partial charge in [-0.15, -0.1) is 4.91 Å². The molecule has 2 aliphatic rings. The third kappa shape index (κ3) is 2.48. The summed E-state index contributed by atoms with van der Waals surface area (Å²) in [5, 5.41) is 4.70. The number of nitrogens with zero attached hydrogens (tertiary/aromatic N) is 2. The van der Waals surface area contributed by atoms with Crippen molar-refractivity contribution in [2.45, 2.75) is 12.8 Å². The van der Waals surface area contributed by atoms with Crippen LogP contribution in [0.4, 0.5) is 0 Å². The van der Waals surface area contributed by atoms with E-state index in [1.165, 1.54) is 33.4 Å². The highest BCUT2D eigenvalue weighted by atomic mass is 16.3. The summed E-state index contributed by atoms with van der Waals surface area (Å²) >= 11 is 0. The number of piperidine rings is 1. The molecule has 1 aliphatic carbocycles. The average molecular weight is 302 g/mol. The van der Waals surface area contributed by atoms with Crippen LogP contribution in [0.25, 0.3) is 17.7 Å². The molecule has 1 heterocycles. The first-order chi connectivity index (χ1) is 11.4. The molecule has 4 rings (SSSR count). The van der Waals surface area contributed by atoms with E-state index in [0.29, 0.717) is 13.1 Å². The lowest BCUT2D eigenvalue weighted by atomic mass is 9.86. The molecular weight excluding hydrogens is 284 g/mol. The Morgan fingerprint density at radius 2 is 1.30 bits per heavy atom. The quantitative estimate of drug-likeness (QED) is 0.608. The summed E-state index contributed by atoms with van der Waals surface area (Å²) in [6.45, 7) is 1.42. The molecule has 0 spiro atoms. The van der Waals surface area contributed by atoms with Gasteiger partial charge in [0.2, 0.25) is 0 Å². The summed E-state index contributed by atoms with van der Waals surface area (Å²) in [5.41, 5.74) is 7.84. The zero-order chi connectivity index (χ0) is 15.6. The van der Waals surface area contributed by atoms with Gasteiger partial charge in [-0.25, -0.2) is 0 Å². The monoisotopic (exact) mass is 302 g/mol. The second-order valence-electron chi connectivity index (χ2n) is 6.02. The maximum Gasteiger partial charge on any atom is 0.0524 e. The minimum atomic E-state index is 0.708. The van der Waals surface area contributed by atoms with E-state index in [9.17, 15) is 4.91 Å². The molecule has 0 saturated carbocycles. The molecule has 0 radical (unpaired) electrons. The van der Waals surface area contributed by atoms with E-state index < -0.39 is 0 Å². The second kappa shape index (κ2) is 5.84. The molecule has 3 heteroatoms. The summed E-state index contributed by atoms with van der Waals surface area (Å²) in [5.74, 6) is 0. The summed E-state index contributed by atoms with van der Waals surface area (Å²) in [4.78, 5) is 10.7. The zero-order valence-electron chi connectivity index (χ0n) is 12.9. The van der Waals surface area contributed by atoms with Crippen molar-refractivity contribution in [3.8, 4) is 0 Å². The highest BCUT2D eigenvalue weighted by Crippen LogP contribution is 2.38. The van der Waals surface area contributed by atoms with E-state index in [0.717, 1.165) is 12.8 Å². The van der Waals surface area contributed by atoms with Crippen LogP contribution < -0.4 is 0 Å². The van der Waals surface area contributed by atoms with E-state index in [1.807, 2.05) is 0 Å². The topological polar surface area (TPSA) is 32.7 Å². The Balaban J connectivity index is 1.91. The van der Waals surface area contributed by atoms with Gasteiger partial charge in [0.05, 0.1) is 5.29 Å². The zero-order valence-corrected chi connectivity index (χ0v) is 12.9. The van der Waals surface area contributed by atoms with Crippen LogP contribution in [-0.4, -0.2) is 18.1 Å². The second-order valence-corrected chi connectivity index (χ2v) is 6.02. The Hall–Kier alpha value is -2.68. The van der Waals surface area contributed by atoms with Gasteiger partial charge in [-0.05, 0) is 40.7 Å². The van der Waals surface area contributed by atoms with Crippen molar-refractivity contribution in [3.05, 3.63) is 81.3 Å². The van der Waals surface area contributed by atoms with Crippen LogP contribution in [0.1, 0.15) is 35.1 Å². The molecule has 1 aliphatic heterocycles. The predicted octanol–water partition coefficient (Wildman–Crippen LogP) is 4.75. The van der Waals surface area contributed by atoms with E-state index >= 15 is 0 Å². The maximum atomic E-state index is 10.7. The first kappa shape index (κ1) is 13.9. The van der Waals surface area contributed by atoms with Gasteiger partial charge < -0.3 is 0 Å². The number of hydrogen-bond donors (Lipinski definition) is 0. The Morgan fingerprint density at radius 3 is 1.83 bits per heavy atom. The molecule has 1 fully saturated rings. The number of benzene rings is 2. The fraction of sp³-hybridized carbons (Fsp3) is 0.200. The van der Waals surface area contributed by atoms with Crippen molar-refractivity contribution < 1.29 is 0 Å². The van der Waals surface area contributed by atoms with Gasteiger partial charge in [-0.3, -0.25) is 5.01 Å². The fourth-order valence-electron chi connectivity index (χ4n) is 3.54. The van der Waals surface area contributed by atoms with E-state index in [4.69, 9.17) is 0 Å². The SMILES string of the molecule is O=NN1CCC(=C2c3ccccc3C=Cc3ccccc32)CC1. The molecule has 2 aromatic carbocycles. The van der Waals surface area contributed by atoms with Crippen molar-refractivity contribution >= 4 is 17.7 Å². The number of rotatable bonds is 1. The number of nitroso groups, excluding NO2 is 1. The molecular formula is C20H18N2O. The first-order valence-corrected chi connectivity index (χ1v) is 8.04. The summed E-state index contributed by atoms with van der Waals surface area (Å²) in [7, 11) is 0. The van der Waals surface area contributed by atoms with Crippen molar-refractivity contribution in [2.75, 3.05) is 13.1 Å². The van der Waals surface area contributed by atoms with Gasteiger partial charge in [0, 0.05) is 13.1 Å². The standard InChI is InChI=1S/C20H18N2O/c23-21-22-13-11-17(12-14-22)20-18-7-3-1-5-15(18)9-10-16-6-2-4-8-19(16)20/h1-10H,11-14H2. The lowest BCUT2D eigenvalue weighted by Gasteiger charge is -2.26. The lowest BCUT2D eigenvalue weighted by Crippen LogP contribution is -2.25. The van der Waals surface area contributed by atoms with Gasteiger partial charge in [0.25, 0.3) is 0 Å². The fourth-order valence-corrected chi connectivity index (χ4v) is 3.54. The Bertz CT molecular complexity index is 758. The molecule has 1 saturated heterocycles. The maximum absolute atomic E-state index is 10.7. The van der Waals surface area contributed by atoms with Gasteiger partial charge in [-0.1, -0.05) is 66.3 Å². The average Bonchev–Trinajstić information content (AvgIpc) is 2.79. The Morgan fingerprint density at radius 1 is 0.783 bits per heavy atom. The van der Waals surface area contributed by atoms with E-state index in [2.05, 4.69) is 66.0 Å². The van der Waals surface area contributed by atoms with E-state index in [-0.39, 0.29) is 0 Å². The molecule has 0 bridgehead atoms. The van der Waals surface area contributed by atoms with Crippen LogP contribution >= 0.6 is 0 Å². The van der Waals surface area contributed by atoms with E-state index in [1.54, 1.807) is 5.01 Å². The number of fused-ring (bicyclic) bond motifs is 2. The van der Waals surface area contributed by atoms with Crippen molar-refractivity contribution in [2.24, 2.45) is 5.29 Å². The van der Waals surface area contributed by atoms with Crippen LogP contribution in [0, 0.1) is 4.91 Å². The Kier molecular flexibility index (Phi) is 3.54. The highest BCUT2D eigenvalue weighted by Gasteiger charge is 2.22. The molecule has 0 atom stereocenters. The summed E-state index contributed by atoms with van der Waals surface area (Å²) in [6, 6.07) is 17.1. The normalized spacial score (nSPS) is 16.6. The smallest absolute Gasteiger partial charge is 0.0524 e. The van der Waals surface area contributed by atoms with Gasteiger partial charge >= 0.3 is 0 Å². The van der Waals surface area contributed by atoms with Crippen molar-refractivity contribution in [3.63, 3.8) is 0 Å². The molecule has 0 unspecified atom stereocenters. The molecule has 114 valence electrons. The third-order valence-corrected chi connectivity index (χ3v) is 4.72. The Labute approximate surface area is 135 Å². The summed E-state index contributed by atoms with van der Waals surface area (Å²) in [6.07, 6.45) is 6.18. The molecule has 3 nitrogen and oxygen atoms in total. The van der Waals surface area contributed by atoms with Crippen LogP contribution in [0.3, 0.4) is 0 Å². The molecule has 2 aromatic rings. The molecule has 0 N–H and O–H groups in total. The summed E-state index contributed by atoms with van der Waals surface area (Å²) < 4.78 is 0. The predicted molar refractivity (Wildman–Crippen MR) is 94.4 cm³/mol. The molecule has 23 heavy (non-hydrogen) atoms. The molecule has 0 amide bonds. The van der Waals surface area contributed by atoms with Crippen molar-refractivity contribution in [1.29, 1.82) is 0 Å². The van der Waals surface area contributed by atoms with Gasteiger partial charge in [0.1, 0.15) is 0 Å². The number of hydrogen-bond acceptors (Lipinski definition) is 2. The third-order valence-electron chi connectivity index (χ3n) is 4.72. The van der Waals surface area contributed by atoms with Crippen LogP contribution in [0.5, 0.6) is 0 Å². The van der Waals surface area contributed by atoms with Gasteiger partial charge in [0.15, 0.2) is 0 Å². The van der Waals surface area contributed by atoms with Crippen LogP contribution in [-0.2, 0) is 0 Å². The van der Waals surface area contributed by atoms with Crippen LogP contribution in [0.15, 0.2) is 59.4 Å². The van der Waals surface area contributed by atoms with Crippen molar-refractivity contribution in [1.82, 2.24) is 5.01 Å². The van der Waals surface area contributed by atoms with Gasteiger partial charge in [-0.2, -0.15) is 0 Å². The largest absolute Gasteiger partial charge is 0.260 e. The first-order valence-electron chi connectivity index (χ1n) is 8.04. The highest BCUT2D eigenvalue weighted by molar-refractivity contribution is 5.94. The van der Waals surface area contributed by atoms with Crippen LogP contribution in [0.2, 0.25) is 0 Å². The lowest BCUT2D eigenvalue weighted by molar-refractivity contribution is 0.266. The molecule has 0 aromatic heterocycles. The minimum absolute atomic E-state index is 0.708.